The first-order valence-corrected chi connectivity index (χ1v) is 22.1. The Morgan fingerprint density at radius 1 is 0.608 bits per heavy atom. The molecule has 2 unspecified atom stereocenters. The minimum absolute atomic E-state index is 0.00676. The van der Waals surface area contributed by atoms with Crippen molar-refractivity contribution in [3.05, 3.63) is 24.3 Å². The molecule has 0 spiro atoms. The molecule has 0 aliphatic rings. The molecule has 0 heterocycles. The molecule has 0 aliphatic heterocycles. The van der Waals surface area contributed by atoms with Crippen molar-refractivity contribution < 1.29 is 37.6 Å². The summed E-state index contributed by atoms with van der Waals surface area (Å²) in [6.07, 6.45) is 36.4. The Morgan fingerprint density at radius 2 is 1.06 bits per heavy atom. The van der Waals surface area contributed by atoms with Crippen molar-refractivity contribution in [3.8, 4) is 0 Å². The zero-order valence-electron chi connectivity index (χ0n) is 33.3. The standard InChI is InChI=1S/C41H78NO8P/c1-5-7-9-11-13-15-17-19-20-22-23-25-27-29-31-33-40(43)47-37-39(38-49-51(45,46)48-36-35-42(3)4)50-41(44)34-32-30-28-26-24-21-18-16-14-12-10-8-6-2/h13,15,19-20,39H,5-12,14,16-18,21-38H2,1-4H3,(H,45,46)/b15-13-,20-19-. The zero-order valence-corrected chi connectivity index (χ0v) is 34.2. The fourth-order valence-corrected chi connectivity index (χ4v) is 6.28. The van der Waals surface area contributed by atoms with Gasteiger partial charge >= 0.3 is 19.8 Å². The highest BCUT2D eigenvalue weighted by Gasteiger charge is 2.26. The van der Waals surface area contributed by atoms with Gasteiger partial charge in [0.15, 0.2) is 6.10 Å². The lowest BCUT2D eigenvalue weighted by atomic mass is 10.0. The number of phosphoric ester groups is 1. The van der Waals surface area contributed by atoms with Gasteiger partial charge in [0.05, 0.1) is 13.2 Å². The molecule has 0 aliphatic carbocycles. The van der Waals surface area contributed by atoms with Crippen LogP contribution in [0, 0.1) is 0 Å². The lowest BCUT2D eigenvalue weighted by molar-refractivity contribution is -0.161. The van der Waals surface area contributed by atoms with E-state index in [1.807, 2.05) is 19.0 Å². The first-order valence-electron chi connectivity index (χ1n) is 20.6. The molecule has 9 nitrogen and oxygen atoms in total. The number of allylic oxidation sites excluding steroid dienone is 4. The third-order valence-corrected chi connectivity index (χ3v) is 9.75. The van der Waals surface area contributed by atoms with Crippen molar-refractivity contribution in [2.45, 2.75) is 187 Å². The second kappa shape index (κ2) is 36.8. The van der Waals surface area contributed by atoms with Crippen molar-refractivity contribution in [1.82, 2.24) is 4.90 Å². The van der Waals surface area contributed by atoms with Crippen LogP contribution in [0.4, 0.5) is 0 Å². The van der Waals surface area contributed by atoms with Gasteiger partial charge in [-0.3, -0.25) is 18.6 Å². The third-order valence-electron chi connectivity index (χ3n) is 8.76. The molecule has 300 valence electrons. The first-order chi connectivity index (χ1) is 24.7. The van der Waals surface area contributed by atoms with E-state index in [4.69, 9.17) is 18.5 Å². The van der Waals surface area contributed by atoms with E-state index in [0.29, 0.717) is 13.0 Å². The average molecular weight is 744 g/mol. The van der Waals surface area contributed by atoms with E-state index in [1.165, 1.54) is 89.9 Å². The summed E-state index contributed by atoms with van der Waals surface area (Å²) in [5.41, 5.74) is 0. The SMILES string of the molecule is CCCCC/C=C\C/C=C\CCCCCCCC(=O)OCC(COP(=O)(O)OCCN(C)C)OC(=O)CCCCCCCCCCCCCCC. The second-order valence-corrected chi connectivity index (χ2v) is 15.6. The predicted octanol–water partition coefficient (Wildman–Crippen LogP) is 11.4. The summed E-state index contributed by atoms with van der Waals surface area (Å²) in [6, 6.07) is 0. The van der Waals surface area contributed by atoms with Crippen LogP contribution in [0.5, 0.6) is 0 Å². The van der Waals surface area contributed by atoms with Crippen LogP contribution >= 0.6 is 7.82 Å². The molecular weight excluding hydrogens is 665 g/mol. The number of ether oxygens (including phenoxy) is 2. The van der Waals surface area contributed by atoms with Crippen LogP contribution in [-0.2, 0) is 32.7 Å². The van der Waals surface area contributed by atoms with E-state index >= 15 is 0 Å². The molecule has 0 rings (SSSR count). The molecule has 0 fully saturated rings. The van der Waals surface area contributed by atoms with E-state index < -0.39 is 26.5 Å². The van der Waals surface area contributed by atoms with Crippen LogP contribution in [0.2, 0.25) is 0 Å². The smallest absolute Gasteiger partial charge is 0.462 e. The highest BCUT2D eigenvalue weighted by molar-refractivity contribution is 7.47. The van der Waals surface area contributed by atoms with E-state index in [-0.39, 0.29) is 32.0 Å². The Balaban J connectivity index is 4.33. The van der Waals surface area contributed by atoms with Gasteiger partial charge in [0.2, 0.25) is 0 Å². The van der Waals surface area contributed by atoms with Gasteiger partial charge in [-0.15, -0.1) is 0 Å². The zero-order chi connectivity index (χ0) is 37.7. The molecule has 0 aromatic heterocycles. The summed E-state index contributed by atoms with van der Waals surface area (Å²) in [5, 5.41) is 0. The number of rotatable bonds is 38. The molecule has 0 aromatic carbocycles. The molecule has 0 saturated heterocycles. The lowest BCUT2D eigenvalue weighted by Crippen LogP contribution is -2.29. The van der Waals surface area contributed by atoms with Gasteiger partial charge in [0.25, 0.3) is 0 Å². The summed E-state index contributed by atoms with van der Waals surface area (Å²) in [4.78, 5) is 36.9. The number of nitrogens with zero attached hydrogens (tertiary/aromatic N) is 1. The fraction of sp³-hybridized carbons (Fsp3) is 0.854. The van der Waals surface area contributed by atoms with E-state index in [9.17, 15) is 19.0 Å². The fourth-order valence-electron chi connectivity index (χ4n) is 5.54. The van der Waals surface area contributed by atoms with Crippen LogP contribution in [0.15, 0.2) is 24.3 Å². The second-order valence-electron chi connectivity index (χ2n) is 14.2. The van der Waals surface area contributed by atoms with E-state index in [0.717, 1.165) is 57.8 Å². The highest BCUT2D eigenvalue weighted by atomic mass is 31.2. The van der Waals surface area contributed by atoms with E-state index in [1.54, 1.807) is 0 Å². The summed E-state index contributed by atoms with van der Waals surface area (Å²) >= 11 is 0. The van der Waals surface area contributed by atoms with Crippen molar-refractivity contribution >= 4 is 19.8 Å². The number of unbranched alkanes of at least 4 members (excludes halogenated alkanes) is 20. The predicted molar refractivity (Wildman–Crippen MR) is 211 cm³/mol. The molecule has 0 radical (unpaired) electrons. The lowest BCUT2D eigenvalue weighted by Gasteiger charge is -2.20. The Bertz CT molecular complexity index is 910. The summed E-state index contributed by atoms with van der Waals surface area (Å²) in [5.74, 6) is -0.814. The summed E-state index contributed by atoms with van der Waals surface area (Å²) < 4.78 is 33.4. The minimum atomic E-state index is -4.36. The van der Waals surface area contributed by atoms with Crippen LogP contribution in [0.3, 0.4) is 0 Å². The van der Waals surface area contributed by atoms with Gasteiger partial charge in [-0.05, 0) is 59.0 Å². The molecule has 2 atom stereocenters. The molecule has 0 aromatic rings. The Kier molecular flexibility index (Phi) is 35.7. The van der Waals surface area contributed by atoms with Crippen LogP contribution < -0.4 is 0 Å². The maximum atomic E-state index is 12.6. The number of hydrogen-bond donors (Lipinski definition) is 1. The Morgan fingerprint density at radius 3 is 1.59 bits per heavy atom. The van der Waals surface area contributed by atoms with Crippen LogP contribution in [-0.4, -0.2) is 68.3 Å². The average Bonchev–Trinajstić information content (AvgIpc) is 3.09. The monoisotopic (exact) mass is 744 g/mol. The quantitative estimate of drug-likeness (QED) is 0.0286. The number of phosphoric acid groups is 1. The van der Waals surface area contributed by atoms with Crippen molar-refractivity contribution in [2.24, 2.45) is 0 Å². The Labute approximate surface area is 313 Å². The highest BCUT2D eigenvalue weighted by Crippen LogP contribution is 2.43. The van der Waals surface area contributed by atoms with Crippen LogP contribution in [0.25, 0.3) is 0 Å². The number of hydrogen-bond acceptors (Lipinski definition) is 8. The molecule has 0 bridgehead atoms. The maximum Gasteiger partial charge on any atom is 0.472 e. The normalized spacial score (nSPS) is 13.7. The minimum Gasteiger partial charge on any atom is -0.462 e. The van der Waals surface area contributed by atoms with Gasteiger partial charge in [-0.2, -0.15) is 0 Å². The number of esters is 2. The van der Waals surface area contributed by atoms with Crippen LogP contribution in [0.1, 0.15) is 181 Å². The number of carbonyl (C=O) groups excluding carboxylic acids is 2. The molecule has 0 saturated carbocycles. The first kappa shape index (κ1) is 49.5. The Hall–Kier alpha value is -1.51. The number of likely N-dealkylation sites (N-methyl/N-ethyl adjacent to an activating group) is 1. The topological polar surface area (TPSA) is 112 Å². The van der Waals surface area contributed by atoms with Crippen molar-refractivity contribution in [3.63, 3.8) is 0 Å². The maximum absolute atomic E-state index is 12.6. The molecule has 0 amide bonds. The molecule has 10 heteroatoms. The van der Waals surface area contributed by atoms with Gasteiger partial charge in [-0.1, -0.05) is 147 Å². The van der Waals surface area contributed by atoms with Crippen molar-refractivity contribution in [2.75, 3.05) is 40.5 Å². The van der Waals surface area contributed by atoms with E-state index in [2.05, 4.69) is 38.2 Å². The molecule has 1 N–H and O–H groups in total. The van der Waals surface area contributed by atoms with Crippen molar-refractivity contribution in [1.29, 1.82) is 0 Å². The molecule has 51 heavy (non-hydrogen) atoms. The molecular formula is C41H78NO8P. The van der Waals surface area contributed by atoms with Gasteiger partial charge in [0.1, 0.15) is 6.61 Å². The third kappa shape index (κ3) is 38.0. The number of carbonyl (C=O) groups is 2. The largest absolute Gasteiger partial charge is 0.472 e. The van der Waals surface area contributed by atoms with Gasteiger partial charge in [-0.25, -0.2) is 4.57 Å². The summed E-state index contributed by atoms with van der Waals surface area (Å²) in [6.45, 7) is 4.28. The summed E-state index contributed by atoms with van der Waals surface area (Å²) in [7, 11) is -0.712. The van der Waals surface area contributed by atoms with Gasteiger partial charge < -0.3 is 19.3 Å². The van der Waals surface area contributed by atoms with Gasteiger partial charge in [0, 0.05) is 19.4 Å².